The Morgan fingerprint density at radius 3 is 2.88 bits per heavy atom. The molecule has 132 valence electrons. The molecule has 0 amide bonds. The van der Waals surface area contributed by atoms with Crippen LogP contribution in [0.25, 0.3) is 10.2 Å². The lowest BCUT2D eigenvalue weighted by molar-refractivity contribution is 0.0365. The lowest BCUT2D eigenvalue weighted by Crippen LogP contribution is -2.38. The molecule has 1 saturated heterocycles. The van der Waals surface area contributed by atoms with Gasteiger partial charge in [0, 0.05) is 37.3 Å². The number of carbonyl (C=O) groups excluding carboxylic acids is 1. The lowest BCUT2D eigenvalue weighted by atomic mass is 10.1. The van der Waals surface area contributed by atoms with Crippen LogP contribution in [0, 0.1) is 6.92 Å². The van der Waals surface area contributed by atoms with Gasteiger partial charge in [0.15, 0.2) is 5.78 Å². The largest absolute Gasteiger partial charge is 0.379 e. The van der Waals surface area contributed by atoms with Crippen LogP contribution in [0.1, 0.15) is 15.4 Å². The van der Waals surface area contributed by atoms with E-state index in [2.05, 4.69) is 27.8 Å². The van der Waals surface area contributed by atoms with Crippen molar-refractivity contribution in [1.82, 2.24) is 14.8 Å². The quantitative estimate of drug-likeness (QED) is 0.836. The topological polar surface area (TPSA) is 46.5 Å². The zero-order chi connectivity index (χ0) is 17.2. The Labute approximate surface area is 151 Å². The summed E-state index contributed by atoms with van der Waals surface area (Å²) < 4.78 is 7.76. The second-order valence-electron chi connectivity index (χ2n) is 6.52. The summed E-state index contributed by atoms with van der Waals surface area (Å²) in [6, 6.07) is 3.97. The number of aryl methyl sites for hydroxylation is 1. The number of ketones is 1. The molecule has 2 aromatic rings. The molecule has 2 aliphatic rings. The summed E-state index contributed by atoms with van der Waals surface area (Å²) in [7, 11) is 0. The number of carbonyl (C=O) groups is 1. The molecule has 2 aliphatic heterocycles. The van der Waals surface area contributed by atoms with E-state index in [1.807, 2.05) is 30.5 Å². The van der Waals surface area contributed by atoms with Gasteiger partial charge in [0.1, 0.15) is 10.9 Å². The van der Waals surface area contributed by atoms with E-state index in [9.17, 15) is 4.79 Å². The summed E-state index contributed by atoms with van der Waals surface area (Å²) >= 11 is 1.61. The number of hydrogen-bond acceptors (Lipinski definition) is 5. The third-order valence-corrected chi connectivity index (χ3v) is 6.02. The number of morpholine rings is 1. The standard InChI is InChI=1S/C19H23N3O2S/c1-14-12-15-13-17(18(23)16-4-2-3-5-20-16)25-19(15)22(14)7-6-21-8-10-24-11-9-21/h2-5,12-13,16,20H,6-11H2,1H3. The zero-order valence-electron chi connectivity index (χ0n) is 14.4. The van der Waals surface area contributed by atoms with E-state index >= 15 is 0 Å². The molecule has 0 saturated carbocycles. The second-order valence-corrected chi connectivity index (χ2v) is 7.55. The molecule has 0 aliphatic carbocycles. The van der Waals surface area contributed by atoms with E-state index in [-0.39, 0.29) is 11.8 Å². The summed E-state index contributed by atoms with van der Waals surface area (Å²) in [5.74, 6) is 0.138. The maximum atomic E-state index is 12.7. The van der Waals surface area contributed by atoms with Gasteiger partial charge < -0.3 is 14.6 Å². The van der Waals surface area contributed by atoms with Gasteiger partial charge in [-0.3, -0.25) is 9.69 Å². The number of ether oxygens (including phenoxy) is 1. The zero-order valence-corrected chi connectivity index (χ0v) is 15.2. The highest BCUT2D eigenvalue weighted by Gasteiger charge is 2.21. The van der Waals surface area contributed by atoms with Crippen molar-refractivity contribution in [3.05, 3.63) is 47.1 Å². The van der Waals surface area contributed by atoms with Crippen molar-refractivity contribution in [3.8, 4) is 0 Å². The molecular formula is C19H23N3O2S. The third kappa shape index (κ3) is 3.42. The summed E-state index contributed by atoms with van der Waals surface area (Å²) in [4.78, 5) is 17.2. The summed E-state index contributed by atoms with van der Waals surface area (Å²) in [6.45, 7) is 7.78. The van der Waals surface area contributed by atoms with Crippen molar-refractivity contribution in [3.63, 3.8) is 0 Å². The summed E-state index contributed by atoms with van der Waals surface area (Å²) in [5.41, 5.74) is 1.26. The first-order chi connectivity index (χ1) is 12.2. The maximum Gasteiger partial charge on any atom is 0.198 e. The first-order valence-electron chi connectivity index (χ1n) is 8.76. The van der Waals surface area contributed by atoms with Gasteiger partial charge in [-0.1, -0.05) is 12.2 Å². The number of Topliss-reactive ketones (excluding diaryl/α,β-unsaturated/α-hetero) is 1. The molecule has 2 aromatic heterocycles. The molecule has 6 heteroatoms. The van der Waals surface area contributed by atoms with Crippen LogP contribution in [0.5, 0.6) is 0 Å². The average molecular weight is 357 g/mol. The molecular weight excluding hydrogens is 334 g/mol. The number of hydrogen-bond donors (Lipinski definition) is 1. The van der Waals surface area contributed by atoms with Crippen molar-refractivity contribution in [2.24, 2.45) is 0 Å². The number of thiophene rings is 1. The van der Waals surface area contributed by atoms with Gasteiger partial charge in [0.05, 0.1) is 18.1 Å². The predicted molar refractivity (Wildman–Crippen MR) is 101 cm³/mol. The van der Waals surface area contributed by atoms with Gasteiger partial charge in [-0.25, -0.2) is 0 Å². The first kappa shape index (κ1) is 16.6. The molecule has 4 rings (SSSR count). The molecule has 0 radical (unpaired) electrons. The molecule has 1 fully saturated rings. The van der Waals surface area contributed by atoms with Crippen LogP contribution in [0.15, 0.2) is 36.6 Å². The van der Waals surface area contributed by atoms with Gasteiger partial charge in [0.25, 0.3) is 0 Å². The smallest absolute Gasteiger partial charge is 0.198 e. The minimum absolute atomic E-state index is 0.138. The normalized spacial score (nSPS) is 20.9. The fourth-order valence-electron chi connectivity index (χ4n) is 3.40. The third-order valence-electron chi connectivity index (χ3n) is 4.83. The summed E-state index contributed by atoms with van der Waals surface area (Å²) in [6.07, 6.45) is 7.55. The van der Waals surface area contributed by atoms with Crippen LogP contribution in [0.2, 0.25) is 0 Å². The first-order valence-corrected chi connectivity index (χ1v) is 9.57. The minimum atomic E-state index is -0.254. The predicted octanol–water partition coefficient (Wildman–Crippen LogP) is 2.57. The molecule has 0 aromatic carbocycles. The van der Waals surface area contributed by atoms with E-state index < -0.39 is 0 Å². The Kier molecular flexibility index (Phi) is 4.74. The molecule has 1 N–H and O–H groups in total. The number of dihydropyridines is 1. The average Bonchev–Trinajstić information content (AvgIpc) is 3.18. The van der Waals surface area contributed by atoms with Gasteiger partial charge >= 0.3 is 0 Å². The Balaban J connectivity index is 1.52. The van der Waals surface area contributed by atoms with E-state index in [0.717, 1.165) is 44.3 Å². The lowest BCUT2D eigenvalue weighted by Gasteiger charge is -2.26. The van der Waals surface area contributed by atoms with Gasteiger partial charge in [0.2, 0.25) is 0 Å². The molecule has 1 atom stereocenters. The highest BCUT2D eigenvalue weighted by atomic mass is 32.1. The van der Waals surface area contributed by atoms with Crippen LogP contribution < -0.4 is 5.32 Å². The molecule has 25 heavy (non-hydrogen) atoms. The number of nitrogens with one attached hydrogen (secondary N) is 1. The van der Waals surface area contributed by atoms with E-state index in [4.69, 9.17) is 4.74 Å². The Morgan fingerprint density at radius 2 is 2.12 bits per heavy atom. The van der Waals surface area contributed by atoms with Crippen LogP contribution >= 0.6 is 11.3 Å². The van der Waals surface area contributed by atoms with Crippen molar-refractivity contribution in [1.29, 1.82) is 0 Å². The van der Waals surface area contributed by atoms with Crippen molar-refractivity contribution >= 4 is 27.3 Å². The van der Waals surface area contributed by atoms with Gasteiger partial charge in [-0.2, -0.15) is 0 Å². The fraction of sp³-hybridized carbons (Fsp3) is 0.421. The number of rotatable bonds is 5. The van der Waals surface area contributed by atoms with Crippen molar-refractivity contribution < 1.29 is 9.53 Å². The number of nitrogens with zero attached hydrogens (tertiary/aromatic N) is 2. The summed E-state index contributed by atoms with van der Waals surface area (Å²) in [5, 5.41) is 4.28. The Morgan fingerprint density at radius 1 is 1.28 bits per heavy atom. The minimum Gasteiger partial charge on any atom is -0.379 e. The van der Waals surface area contributed by atoms with Crippen molar-refractivity contribution in [2.45, 2.75) is 19.5 Å². The molecule has 1 unspecified atom stereocenters. The second kappa shape index (κ2) is 7.15. The highest BCUT2D eigenvalue weighted by Crippen LogP contribution is 2.30. The molecule has 0 bridgehead atoms. The Bertz CT molecular complexity index is 827. The van der Waals surface area contributed by atoms with Crippen LogP contribution in [0.4, 0.5) is 0 Å². The molecule has 5 nitrogen and oxygen atoms in total. The van der Waals surface area contributed by atoms with E-state index in [0.29, 0.717) is 0 Å². The fourth-order valence-corrected chi connectivity index (χ4v) is 4.60. The molecule has 0 spiro atoms. The highest BCUT2D eigenvalue weighted by molar-refractivity contribution is 7.20. The van der Waals surface area contributed by atoms with E-state index in [1.54, 1.807) is 11.3 Å². The van der Waals surface area contributed by atoms with E-state index in [1.165, 1.54) is 15.9 Å². The maximum absolute atomic E-state index is 12.7. The van der Waals surface area contributed by atoms with Crippen LogP contribution in [-0.2, 0) is 11.3 Å². The van der Waals surface area contributed by atoms with Crippen LogP contribution in [-0.4, -0.2) is 54.1 Å². The van der Waals surface area contributed by atoms with Crippen molar-refractivity contribution in [2.75, 3.05) is 32.8 Å². The SMILES string of the molecule is Cc1cc2cc(C(=O)C3C=CC=CN3)sc2n1CCN1CCOCC1. The number of allylic oxidation sites excluding steroid dienone is 2. The van der Waals surface area contributed by atoms with Gasteiger partial charge in [-0.05, 0) is 31.3 Å². The van der Waals surface area contributed by atoms with Crippen LogP contribution in [0.3, 0.4) is 0 Å². The Hall–Kier alpha value is -1.89. The number of aromatic nitrogens is 1. The molecule has 4 heterocycles. The monoisotopic (exact) mass is 357 g/mol. The number of fused-ring (bicyclic) bond motifs is 1. The van der Waals surface area contributed by atoms with Gasteiger partial charge in [-0.15, -0.1) is 11.3 Å².